The predicted molar refractivity (Wildman–Crippen MR) is 87.0 cm³/mol. The van der Waals surface area contributed by atoms with E-state index in [4.69, 9.17) is 9.84 Å². The third-order valence-corrected chi connectivity index (χ3v) is 3.40. The van der Waals surface area contributed by atoms with Crippen LogP contribution in [0.25, 0.3) is 6.08 Å². The molecule has 7 heteroatoms. The number of hydrogen-bond donors (Lipinski definition) is 2. The Labute approximate surface area is 139 Å². The molecule has 0 aliphatic rings. The molecule has 0 saturated carbocycles. The van der Waals surface area contributed by atoms with E-state index >= 15 is 0 Å². The van der Waals surface area contributed by atoms with Crippen LogP contribution in [0.15, 0.2) is 26.8 Å². The third kappa shape index (κ3) is 5.51. The molecule has 21 heavy (non-hydrogen) atoms. The first-order valence-electron chi connectivity index (χ1n) is 6.09. The second-order valence-electron chi connectivity index (χ2n) is 4.52. The van der Waals surface area contributed by atoms with Crippen molar-refractivity contribution in [2.75, 3.05) is 0 Å². The molecular weight excluding hydrogens is 406 g/mol. The van der Waals surface area contributed by atoms with E-state index in [0.29, 0.717) is 20.3 Å². The number of benzene rings is 1. The number of nitrogens with one attached hydrogen (secondary N) is 1. The average Bonchev–Trinajstić information content (AvgIpc) is 2.32. The van der Waals surface area contributed by atoms with E-state index in [2.05, 4.69) is 37.2 Å². The summed E-state index contributed by atoms with van der Waals surface area (Å²) in [6, 6.07) is 3.43. The minimum Gasteiger partial charge on any atom is -0.489 e. The number of carbonyl (C=O) groups excluding carboxylic acids is 1. The number of rotatable bonds is 5. The molecule has 0 bridgehead atoms. The van der Waals surface area contributed by atoms with Gasteiger partial charge in [-0.3, -0.25) is 4.79 Å². The van der Waals surface area contributed by atoms with E-state index in [9.17, 15) is 9.59 Å². The summed E-state index contributed by atoms with van der Waals surface area (Å²) >= 11 is 6.77. The van der Waals surface area contributed by atoms with E-state index in [0.717, 1.165) is 0 Å². The number of halogens is 2. The lowest BCUT2D eigenvalue weighted by Crippen LogP contribution is -2.24. The molecule has 0 saturated heterocycles. The molecule has 0 fully saturated rings. The van der Waals surface area contributed by atoms with Crippen LogP contribution >= 0.6 is 31.9 Å². The highest BCUT2D eigenvalue weighted by atomic mass is 79.9. The van der Waals surface area contributed by atoms with Crippen molar-refractivity contribution in [2.45, 2.75) is 26.9 Å². The zero-order chi connectivity index (χ0) is 16.2. The predicted octanol–water partition coefficient (Wildman–Crippen LogP) is 3.56. The SMILES string of the molecule is CC(=O)NC(=Cc1cc(Br)c(OC(C)C)c(Br)c1)C(=O)O. The van der Waals surface area contributed by atoms with Crippen molar-refractivity contribution >= 4 is 49.8 Å². The molecule has 0 aromatic heterocycles. The Hall–Kier alpha value is -1.34. The van der Waals surface area contributed by atoms with Crippen LogP contribution in [0.3, 0.4) is 0 Å². The van der Waals surface area contributed by atoms with Crippen molar-refractivity contribution in [3.63, 3.8) is 0 Å². The Morgan fingerprint density at radius 1 is 1.29 bits per heavy atom. The summed E-state index contributed by atoms with van der Waals surface area (Å²) < 4.78 is 7.02. The number of carbonyl (C=O) groups is 2. The Bertz CT molecular complexity index is 574. The van der Waals surface area contributed by atoms with Gasteiger partial charge in [-0.05, 0) is 69.5 Å². The maximum absolute atomic E-state index is 11.1. The van der Waals surface area contributed by atoms with Gasteiger partial charge in [0.15, 0.2) is 0 Å². The fraction of sp³-hybridized carbons (Fsp3) is 0.286. The van der Waals surface area contributed by atoms with Gasteiger partial charge < -0.3 is 15.2 Å². The van der Waals surface area contributed by atoms with Gasteiger partial charge in [-0.1, -0.05) is 0 Å². The second kappa shape index (κ2) is 7.61. The first kappa shape index (κ1) is 17.7. The molecule has 0 radical (unpaired) electrons. The largest absolute Gasteiger partial charge is 0.489 e. The first-order valence-corrected chi connectivity index (χ1v) is 7.67. The summed E-state index contributed by atoms with van der Waals surface area (Å²) in [5.74, 6) is -1.01. The molecule has 114 valence electrons. The highest BCUT2D eigenvalue weighted by Crippen LogP contribution is 2.36. The van der Waals surface area contributed by atoms with Crippen LogP contribution in [0.4, 0.5) is 0 Å². The van der Waals surface area contributed by atoms with E-state index in [1.165, 1.54) is 13.0 Å². The molecule has 0 aliphatic heterocycles. The zero-order valence-corrected chi connectivity index (χ0v) is 14.9. The van der Waals surface area contributed by atoms with Crippen LogP contribution in [0.5, 0.6) is 5.75 Å². The summed E-state index contributed by atoms with van der Waals surface area (Å²) in [7, 11) is 0. The minimum atomic E-state index is -1.21. The van der Waals surface area contributed by atoms with E-state index in [-0.39, 0.29) is 11.8 Å². The van der Waals surface area contributed by atoms with Gasteiger partial charge in [0, 0.05) is 6.92 Å². The van der Waals surface area contributed by atoms with Crippen molar-refractivity contribution in [1.82, 2.24) is 5.32 Å². The van der Waals surface area contributed by atoms with Gasteiger partial charge in [-0.2, -0.15) is 0 Å². The quantitative estimate of drug-likeness (QED) is 0.714. The Morgan fingerprint density at radius 3 is 2.19 bits per heavy atom. The Morgan fingerprint density at radius 2 is 1.81 bits per heavy atom. The van der Waals surface area contributed by atoms with E-state index in [1.807, 2.05) is 13.8 Å². The zero-order valence-electron chi connectivity index (χ0n) is 11.7. The fourth-order valence-corrected chi connectivity index (χ4v) is 2.93. The van der Waals surface area contributed by atoms with Crippen molar-refractivity contribution in [2.24, 2.45) is 0 Å². The van der Waals surface area contributed by atoms with E-state index < -0.39 is 11.9 Å². The molecule has 1 aromatic rings. The number of carboxylic acid groups (broad SMARTS) is 1. The molecule has 5 nitrogen and oxygen atoms in total. The summed E-state index contributed by atoms with van der Waals surface area (Å²) in [5.41, 5.74) is 0.412. The topological polar surface area (TPSA) is 75.6 Å². The Kier molecular flexibility index (Phi) is 6.42. The monoisotopic (exact) mass is 419 g/mol. The van der Waals surface area contributed by atoms with Gasteiger partial charge in [-0.15, -0.1) is 0 Å². The number of aliphatic carboxylic acids is 1. The number of hydrogen-bond acceptors (Lipinski definition) is 3. The molecule has 2 N–H and O–H groups in total. The summed E-state index contributed by atoms with van der Waals surface area (Å²) in [6.45, 7) is 5.07. The van der Waals surface area contributed by atoms with Gasteiger partial charge in [0.05, 0.1) is 15.0 Å². The Balaban J connectivity index is 3.20. The normalized spacial score (nSPS) is 11.4. The maximum Gasteiger partial charge on any atom is 0.352 e. The smallest absolute Gasteiger partial charge is 0.352 e. The van der Waals surface area contributed by atoms with Gasteiger partial charge in [-0.25, -0.2) is 4.79 Å². The van der Waals surface area contributed by atoms with Crippen molar-refractivity contribution in [3.05, 3.63) is 32.3 Å². The summed E-state index contributed by atoms with van der Waals surface area (Å²) in [5, 5.41) is 11.3. The summed E-state index contributed by atoms with van der Waals surface area (Å²) in [6.07, 6.45) is 1.38. The standard InChI is InChI=1S/C14H15Br2NO4/c1-7(2)21-13-10(15)4-9(5-11(13)16)6-12(14(19)20)17-8(3)18/h4-7H,1-3H3,(H,17,18)(H,19,20). The molecule has 0 atom stereocenters. The number of ether oxygens (including phenoxy) is 1. The van der Waals surface area contributed by atoms with Crippen LogP contribution in [0.2, 0.25) is 0 Å². The molecule has 1 amide bonds. The first-order chi connectivity index (χ1) is 9.70. The van der Waals surface area contributed by atoms with E-state index in [1.54, 1.807) is 12.1 Å². The molecular formula is C14H15Br2NO4. The lowest BCUT2D eigenvalue weighted by molar-refractivity contribution is -0.134. The van der Waals surface area contributed by atoms with Crippen LogP contribution in [0, 0.1) is 0 Å². The second-order valence-corrected chi connectivity index (χ2v) is 6.23. The third-order valence-electron chi connectivity index (χ3n) is 2.23. The lowest BCUT2D eigenvalue weighted by Gasteiger charge is -2.14. The van der Waals surface area contributed by atoms with Gasteiger partial charge in [0.25, 0.3) is 0 Å². The van der Waals surface area contributed by atoms with Crippen LogP contribution < -0.4 is 10.1 Å². The van der Waals surface area contributed by atoms with Crippen LogP contribution in [-0.4, -0.2) is 23.1 Å². The fourth-order valence-electron chi connectivity index (χ4n) is 1.52. The molecule has 0 unspecified atom stereocenters. The van der Waals surface area contributed by atoms with Crippen LogP contribution in [0.1, 0.15) is 26.3 Å². The highest BCUT2D eigenvalue weighted by Gasteiger charge is 2.13. The maximum atomic E-state index is 11.1. The summed E-state index contributed by atoms with van der Waals surface area (Å²) in [4.78, 5) is 22.1. The molecule has 0 aliphatic carbocycles. The van der Waals surface area contributed by atoms with Gasteiger partial charge in [0.2, 0.25) is 5.91 Å². The van der Waals surface area contributed by atoms with Crippen molar-refractivity contribution in [1.29, 1.82) is 0 Å². The molecule has 0 spiro atoms. The molecule has 0 heterocycles. The lowest BCUT2D eigenvalue weighted by atomic mass is 10.2. The molecule has 1 rings (SSSR count). The van der Waals surface area contributed by atoms with Crippen LogP contribution in [-0.2, 0) is 9.59 Å². The number of amides is 1. The highest BCUT2D eigenvalue weighted by molar-refractivity contribution is 9.11. The van der Waals surface area contributed by atoms with Gasteiger partial charge >= 0.3 is 5.97 Å². The van der Waals surface area contributed by atoms with Crippen molar-refractivity contribution in [3.8, 4) is 5.75 Å². The van der Waals surface area contributed by atoms with Crippen molar-refractivity contribution < 1.29 is 19.4 Å². The molecule has 1 aromatic carbocycles. The average molecular weight is 421 g/mol. The minimum absolute atomic E-state index is 0.00736. The van der Waals surface area contributed by atoms with Gasteiger partial charge in [0.1, 0.15) is 11.4 Å². The number of carboxylic acids is 1.